The molecule has 1 aliphatic heterocycles. The fraction of sp³-hybridized carbons (Fsp3) is 0.194. The standard InChI is InChI=1S/C31H26ClN3O6S/c1-4-40-30(37)27-19(3)33-31-34(28(27)22-10-5-18(2)25(16-22)35(38)39)29(36)26(42-31)15-20-8-13-24(14-9-20)41-17-21-6-11-23(32)12-7-21/h5-16,28H,4,17H2,1-3H3/b26-15+/t28-/m1/s1. The number of ether oxygens (including phenoxy) is 2. The van der Waals surface area contributed by atoms with Crippen molar-refractivity contribution in [3.63, 3.8) is 0 Å². The van der Waals surface area contributed by atoms with Crippen LogP contribution in [0.2, 0.25) is 5.02 Å². The number of carbonyl (C=O) groups excluding carboxylic acids is 1. The van der Waals surface area contributed by atoms with Gasteiger partial charge in [-0.05, 0) is 67.8 Å². The number of benzene rings is 3. The molecule has 214 valence electrons. The van der Waals surface area contributed by atoms with Crippen LogP contribution in [0.25, 0.3) is 6.08 Å². The predicted molar refractivity (Wildman–Crippen MR) is 160 cm³/mol. The van der Waals surface area contributed by atoms with Gasteiger partial charge < -0.3 is 9.47 Å². The number of carbonyl (C=O) groups is 1. The van der Waals surface area contributed by atoms with Crippen molar-refractivity contribution in [3.8, 4) is 5.75 Å². The molecule has 0 saturated heterocycles. The maximum absolute atomic E-state index is 13.8. The van der Waals surface area contributed by atoms with E-state index < -0.39 is 16.9 Å². The quantitative estimate of drug-likeness (QED) is 0.154. The summed E-state index contributed by atoms with van der Waals surface area (Å²) in [7, 11) is 0. The van der Waals surface area contributed by atoms with Gasteiger partial charge in [0.1, 0.15) is 12.4 Å². The molecule has 42 heavy (non-hydrogen) atoms. The molecule has 1 aliphatic rings. The van der Waals surface area contributed by atoms with Gasteiger partial charge in [0, 0.05) is 16.7 Å². The van der Waals surface area contributed by atoms with Gasteiger partial charge in [-0.2, -0.15) is 0 Å². The molecule has 2 heterocycles. The number of nitrogens with zero attached hydrogens (tertiary/aromatic N) is 3. The number of halogens is 1. The molecule has 0 fully saturated rings. The second kappa shape index (κ2) is 12.1. The van der Waals surface area contributed by atoms with Gasteiger partial charge in [0.05, 0.1) is 33.4 Å². The number of rotatable bonds is 8. The smallest absolute Gasteiger partial charge is 0.338 e. The largest absolute Gasteiger partial charge is 0.489 e. The number of hydrogen-bond acceptors (Lipinski definition) is 8. The Hall–Kier alpha value is -4.54. The van der Waals surface area contributed by atoms with E-state index in [-0.39, 0.29) is 23.4 Å². The monoisotopic (exact) mass is 603 g/mol. The summed E-state index contributed by atoms with van der Waals surface area (Å²) in [5.74, 6) is 0.0367. The number of aromatic nitrogens is 1. The molecule has 1 atom stereocenters. The summed E-state index contributed by atoms with van der Waals surface area (Å²) >= 11 is 7.12. The minimum atomic E-state index is -0.939. The Kier molecular flexibility index (Phi) is 8.37. The zero-order chi connectivity index (χ0) is 30.0. The van der Waals surface area contributed by atoms with Crippen molar-refractivity contribution in [2.75, 3.05) is 6.61 Å². The molecular formula is C31H26ClN3O6S. The minimum absolute atomic E-state index is 0.106. The first-order chi connectivity index (χ1) is 20.2. The highest BCUT2D eigenvalue weighted by atomic mass is 35.5. The van der Waals surface area contributed by atoms with E-state index in [1.165, 1.54) is 22.0 Å². The number of allylic oxidation sites excluding steroid dienone is 1. The molecule has 11 heteroatoms. The lowest BCUT2D eigenvalue weighted by Crippen LogP contribution is -2.40. The van der Waals surface area contributed by atoms with Crippen LogP contribution in [-0.2, 0) is 16.1 Å². The first-order valence-corrected chi connectivity index (χ1v) is 14.3. The summed E-state index contributed by atoms with van der Waals surface area (Å²) in [4.78, 5) is 43.0. The van der Waals surface area contributed by atoms with Gasteiger partial charge in [0.2, 0.25) is 0 Å². The maximum atomic E-state index is 13.8. The third kappa shape index (κ3) is 5.90. The molecule has 0 unspecified atom stereocenters. The predicted octanol–water partition coefficient (Wildman–Crippen LogP) is 5.25. The Morgan fingerprint density at radius 3 is 2.50 bits per heavy atom. The third-order valence-corrected chi connectivity index (χ3v) is 7.99. The summed E-state index contributed by atoms with van der Waals surface area (Å²) < 4.78 is 13.0. The zero-order valence-corrected chi connectivity index (χ0v) is 24.6. The van der Waals surface area contributed by atoms with Crippen molar-refractivity contribution in [2.24, 2.45) is 4.99 Å². The molecule has 0 aliphatic carbocycles. The van der Waals surface area contributed by atoms with E-state index in [1.54, 1.807) is 51.1 Å². The highest BCUT2D eigenvalue weighted by Gasteiger charge is 2.34. The number of aryl methyl sites for hydroxylation is 1. The number of nitro benzene ring substituents is 1. The lowest BCUT2D eigenvalue weighted by molar-refractivity contribution is -0.385. The van der Waals surface area contributed by atoms with Gasteiger partial charge in [-0.25, -0.2) is 9.79 Å². The molecule has 3 aromatic carbocycles. The van der Waals surface area contributed by atoms with E-state index in [1.807, 2.05) is 36.4 Å². The molecule has 0 radical (unpaired) electrons. The highest BCUT2D eigenvalue weighted by molar-refractivity contribution is 7.07. The maximum Gasteiger partial charge on any atom is 0.338 e. The molecule has 0 spiro atoms. The van der Waals surface area contributed by atoms with Crippen molar-refractivity contribution in [3.05, 3.63) is 135 Å². The first-order valence-electron chi connectivity index (χ1n) is 13.1. The fourth-order valence-corrected chi connectivity index (χ4v) is 5.83. The summed E-state index contributed by atoms with van der Waals surface area (Å²) in [6.07, 6.45) is 1.74. The van der Waals surface area contributed by atoms with E-state index in [0.717, 1.165) is 11.1 Å². The Morgan fingerprint density at radius 1 is 1.12 bits per heavy atom. The van der Waals surface area contributed by atoms with Gasteiger partial charge in [0.25, 0.3) is 11.2 Å². The van der Waals surface area contributed by atoms with E-state index in [4.69, 9.17) is 21.1 Å². The molecule has 0 N–H and O–H groups in total. The van der Waals surface area contributed by atoms with Crippen molar-refractivity contribution in [1.29, 1.82) is 0 Å². The van der Waals surface area contributed by atoms with Crippen molar-refractivity contribution < 1.29 is 19.2 Å². The van der Waals surface area contributed by atoms with Crippen LogP contribution in [0.4, 0.5) is 5.69 Å². The second-order valence-electron chi connectivity index (χ2n) is 9.59. The summed E-state index contributed by atoms with van der Waals surface area (Å²) in [6, 6.07) is 18.5. The van der Waals surface area contributed by atoms with Gasteiger partial charge in [-0.3, -0.25) is 19.5 Å². The number of esters is 1. The Labute approximate surface area is 249 Å². The van der Waals surface area contributed by atoms with Crippen LogP contribution in [0.3, 0.4) is 0 Å². The van der Waals surface area contributed by atoms with Crippen LogP contribution >= 0.6 is 22.9 Å². The van der Waals surface area contributed by atoms with E-state index in [0.29, 0.717) is 43.5 Å². The topological polar surface area (TPSA) is 113 Å². The van der Waals surface area contributed by atoms with Crippen molar-refractivity contribution in [2.45, 2.75) is 33.4 Å². The Morgan fingerprint density at radius 2 is 1.83 bits per heavy atom. The van der Waals surface area contributed by atoms with Gasteiger partial charge >= 0.3 is 5.97 Å². The molecule has 1 aromatic heterocycles. The molecule has 0 saturated carbocycles. The summed E-state index contributed by atoms with van der Waals surface area (Å²) in [5, 5.41) is 12.4. The normalized spacial score (nSPS) is 14.8. The Balaban J connectivity index is 1.53. The number of hydrogen-bond donors (Lipinski definition) is 0. The average molecular weight is 604 g/mol. The van der Waals surface area contributed by atoms with Crippen LogP contribution in [-0.4, -0.2) is 22.1 Å². The van der Waals surface area contributed by atoms with Gasteiger partial charge in [-0.15, -0.1) is 0 Å². The lowest BCUT2D eigenvalue weighted by Gasteiger charge is -2.24. The molecule has 5 rings (SSSR count). The third-order valence-electron chi connectivity index (χ3n) is 6.76. The molecular weight excluding hydrogens is 578 g/mol. The fourth-order valence-electron chi connectivity index (χ4n) is 4.66. The SMILES string of the molecule is CCOC(=O)C1=C(C)N=c2s/c(=C/c3ccc(OCc4ccc(Cl)cc4)cc3)c(=O)n2[C@@H]1c1ccc(C)c([N+](=O)[O-])c1. The molecule has 0 amide bonds. The zero-order valence-electron chi connectivity index (χ0n) is 23.0. The average Bonchev–Trinajstić information content (AvgIpc) is 3.27. The summed E-state index contributed by atoms with van der Waals surface area (Å²) in [5.41, 5.74) is 2.70. The van der Waals surface area contributed by atoms with Crippen molar-refractivity contribution >= 4 is 40.7 Å². The molecule has 9 nitrogen and oxygen atoms in total. The number of nitro groups is 1. The summed E-state index contributed by atoms with van der Waals surface area (Å²) in [6.45, 7) is 5.49. The molecule has 0 bridgehead atoms. The van der Waals surface area contributed by atoms with Crippen LogP contribution in [0.15, 0.2) is 87.8 Å². The molecule has 4 aromatic rings. The van der Waals surface area contributed by atoms with E-state index in [2.05, 4.69) is 4.99 Å². The van der Waals surface area contributed by atoms with Crippen molar-refractivity contribution in [1.82, 2.24) is 4.57 Å². The van der Waals surface area contributed by atoms with E-state index in [9.17, 15) is 19.7 Å². The Bertz CT molecular complexity index is 1890. The van der Waals surface area contributed by atoms with Crippen LogP contribution in [0, 0.1) is 17.0 Å². The minimum Gasteiger partial charge on any atom is -0.489 e. The second-order valence-corrected chi connectivity index (χ2v) is 11.0. The number of thiazole rings is 1. The van der Waals surface area contributed by atoms with Crippen LogP contribution in [0.5, 0.6) is 5.75 Å². The first kappa shape index (κ1) is 29.0. The lowest BCUT2D eigenvalue weighted by atomic mass is 9.94. The van der Waals surface area contributed by atoms with Gasteiger partial charge in [-0.1, -0.05) is 59.3 Å². The van der Waals surface area contributed by atoms with E-state index >= 15 is 0 Å². The van der Waals surface area contributed by atoms with Gasteiger partial charge in [0.15, 0.2) is 4.80 Å². The highest BCUT2D eigenvalue weighted by Crippen LogP contribution is 2.33. The van der Waals surface area contributed by atoms with Crippen LogP contribution in [0.1, 0.15) is 42.1 Å². The van der Waals surface area contributed by atoms with Crippen LogP contribution < -0.4 is 19.6 Å². The number of fused-ring (bicyclic) bond motifs is 1.